The van der Waals surface area contributed by atoms with Crippen molar-refractivity contribution < 1.29 is 0 Å². The van der Waals surface area contributed by atoms with Gasteiger partial charge in [-0.2, -0.15) is 0 Å². The standard InChI is InChI=1S/C12H17BrN2/c1-9(2)10-7-11(13)12(14-8-10)15-5-3-4-6-15/h7-9H,3-6H2,1-2H3. The fourth-order valence-electron chi connectivity index (χ4n) is 1.92. The van der Waals surface area contributed by atoms with Crippen LogP contribution in [0.15, 0.2) is 16.7 Å². The highest BCUT2D eigenvalue weighted by atomic mass is 79.9. The van der Waals surface area contributed by atoms with Crippen molar-refractivity contribution in [2.75, 3.05) is 18.0 Å². The molecule has 1 aromatic rings. The third kappa shape index (κ3) is 2.33. The average Bonchev–Trinajstić information content (AvgIpc) is 2.70. The number of nitrogens with zero attached hydrogens (tertiary/aromatic N) is 2. The first-order chi connectivity index (χ1) is 7.18. The zero-order chi connectivity index (χ0) is 10.8. The molecule has 1 aromatic heterocycles. The lowest BCUT2D eigenvalue weighted by atomic mass is 10.1. The third-order valence-corrected chi connectivity index (χ3v) is 3.50. The van der Waals surface area contributed by atoms with Crippen molar-refractivity contribution >= 4 is 21.7 Å². The molecule has 2 nitrogen and oxygen atoms in total. The van der Waals surface area contributed by atoms with E-state index in [0.29, 0.717) is 5.92 Å². The summed E-state index contributed by atoms with van der Waals surface area (Å²) in [5.74, 6) is 1.65. The van der Waals surface area contributed by atoms with E-state index in [9.17, 15) is 0 Å². The van der Waals surface area contributed by atoms with E-state index in [1.807, 2.05) is 6.20 Å². The molecule has 82 valence electrons. The number of anilines is 1. The van der Waals surface area contributed by atoms with Gasteiger partial charge < -0.3 is 4.90 Å². The van der Waals surface area contributed by atoms with Gasteiger partial charge in [-0.25, -0.2) is 4.98 Å². The third-order valence-electron chi connectivity index (χ3n) is 2.92. The average molecular weight is 269 g/mol. The van der Waals surface area contributed by atoms with E-state index in [1.54, 1.807) is 0 Å². The van der Waals surface area contributed by atoms with Crippen LogP contribution in [0, 0.1) is 0 Å². The van der Waals surface area contributed by atoms with Crippen LogP contribution in [-0.4, -0.2) is 18.1 Å². The highest BCUT2D eigenvalue weighted by molar-refractivity contribution is 9.10. The fourth-order valence-corrected chi connectivity index (χ4v) is 2.54. The molecule has 0 atom stereocenters. The molecule has 1 aliphatic heterocycles. The summed E-state index contributed by atoms with van der Waals surface area (Å²) in [6, 6.07) is 2.20. The van der Waals surface area contributed by atoms with Gasteiger partial charge in [-0.15, -0.1) is 0 Å². The van der Waals surface area contributed by atoms with E-state index in [0.717, 1.165) is 23.4 Å². The molecule has 0 aromatic carbocycles. The van der Waals surface area contributed by atoms with Crippen molar-refractivity contribution in [3.8, 4) is 0 Å². The van der Waals surface area contributed by atoms with Crippen LogP contribution in [0.4, 0.5) is 5.82 Å². The maximum absolute atomic E-state index is 4.56. The second-order valence-electron chi connectivity index (χ2n) is 4.42. The van der Waals surface area contributed by atoms with Gasteiger partial charge in [0, 0.05) is 19.3 Å². The first kappa shape index (κ1) is 10.9. The maximum atomic E-state index is 4.56. The summed E-state index contributed by atoms with van der Waals surface area (Å²) in [4.78, 5) is 6.92. The normalized spacial score (nSPS) is 16.4. The molecule has 0 N–H and O–H groups in total. The molecule has 0 saturated carbocycles. The van der Waals surface area contributed by atoms with E-state index in [-0.39, 0.29) is 0 Å². The number of hydrogen-bond donors (Lipinski definition) is 0. The maximum Gasteiger partial charge on any atom is 0.142 e. The van der Waals surface area contributed by atoms with Gasteiger partial charge in [-0.05, 0) is 46.3 Å². The molecule has 0 unspecified atom stereocenters. The molecule has 0 amide bonds. The van der Waals surface area contributed by atoms with Crippen LogP contribution in [0.3, 0.4) is 0 Å². The fraction of sp³-hybridized carbons (Fsp3) is 0.583. The molecule has 1 aliphatic rings. The molecule has 0 radical (unpaired) electrons. The molecule has 0 bridgehead atoms. The number of halogens is 1. The molecule has 0 spiro atoms. The second-order valence-corrected chi connectivity index (χ2v) is 5.28. The lowest BCUT2D eigenvalue weighted by molar-refractivity contribution is 0.848. The summed E-state index contributed by atoms with van der Waals surface area (Å²) in [5, 5.41) is 0. The Labute approximate surface area is 99.8 Å². The highest BCUT2D eigenvalue weighted by Crippen LogP contribution is 2.29. The van der Waals surface area contributed by atoms with E-state index in [1.165, 1.54) is 18.4 Å². The predicted octanol–water partition coefficient (Wildman–Crippen LogP) is 3.57. The summed E-state index contributed by atoms with van der Waals surface area (Å²) in [5.41, 5.74) is 1.30. The summed E-state index contributed by atoms with van der Waals surface area (Å²) in [7, 11) is 0. The topological polar surface area (TPSA) is 16.1 Å². The van der Waals surface area contributed by atoms with Gasteiger partial charge in [0.15, 0.2) is 0 Å². The number of hydrogen-bond acceptors (Lipinski definition) is 2. The van der Waals surface area contributed by atoms with Crippen molar-refractivity contribution in [3.63, 3.8) is 0 Å². The van der Waals surface area contributed by atoms with Gasteiger partial charge >= 0.3 is 0 Å². The molecule has 0 aliphatic carbocycles. The van der Waals surface area contributed by atoms with E-state index < -0.39 is 0 Å². The van der Waals surface area contributed by atoms with Crippen molar-refractivity contribution in [1.29, 1.82) is 0 Å². The SMILES string of the molecule is CC(C)c1cnc(N2CCCC2)c(Br)c1. The molecule has 2 rings (SSSR count). The van der Waals surface area contributed by atoms with Crippen molar-refractivity contribution in [2.45, 2.75) is 32.6 Å². The van der Waals surface area contributed by atoms with Gasteiger partial charge in [0.1, 0.15) is 5.82 Å². The minimum Gasteiger partial charge on any atom is -0.356 e. The second kappa shape index (κ2) is 4.52. The Hall–Kier alpha value is -0.570. The predicted molar refractivity (Wildman–Crippen MR) is 67.5 cm³/mol. The Morgan fingerprint density at radius 1 is 1.33 bits per heavy atom. The molecule has 3 heteroatoms. The Morgan fingerprint density at radius 3 is 2.53 bits per heavy atom. The van der Waals surface area contributed by atoms with E-state index >= 15 is 0 Å². The first-order valence-corrected chi connectivity index (χ1v) is 6.38. The lowest BCUT2D eigenvalue weighted by Crippen LogP contribution is -2.19. The minimum atomic E-state index is 0.543. The van der Waals surface area contributed by atoms with Crippen LogP contribution in [0.25, 0.3) is 0 Å². The molecule has 15 heavy (non-hydrogen) atoms. The van der Waals surface area contributed by atoms with Crippen LogP contribution in [-0.2, 0) is 0 Å². The smallest absolute Gasteiger partial charge is 0.142 e. The lowest BCUT2D eigenvalue weighted by Gasteiger charge is -2.18. The molecular weight excluding hydrogens is 252 g/mol. The Kier molecular flexibility index (Phi) is 3.29. The molecule has 1 saturated heterocycles. The van der Waals surface area contributed by atoms with E-state index in [4.69, 9.17) is 0 Å². The van der Waals surface area contributed by atoms with Crippen LogP contribution in [0.1, 0.15) is 38.2 Å². The number of pyridine rings is 1. The minimum absolute atomic E-state index is 0.543. The van der Waals surface area contributed by atoms with Crippen LogP contribution >= 0.6 is 15.9 Å². The van der Waals surface area contributed by atoms with Crippen molar-refractivity contribution in [2.24, 2.45) is 0 Å². The summed E-state index contributed by atoms with van der Waals surface area (Å²) in [6.45, 7) is 6.68. The van der Waals surface area contributed by atoms with Gasteiger partial charge in [-0.3, -0.25) is 0 Å². The Bertz CT molecular complexity index is 343. The summed E-state index contributed by atoms with van der Waals surface area (Å²) >= 11 is 3.62. The van der Waals surface area contributed by atoms with Gasteiger partial charge in [0.05, 0.1) is 4.47 Å². The number of rotatable bonds is 2. The zero-order valence-corrected chi connectivity index (χ0v) is 10.9. The Morgan fingerprint density at radius 2 is 2.00 bits per heavy atom. The van der Waals surface area contributed by atoms with Gasteiger partial charge in [-0.1, -0.05) is 13.8 Å². The van der Waals surface area contributed by atoms with Crippen LogP contribution in [0.5, 0.6) is 0 Å². The molecular formula is C12H17BrN2. The van der Waals surface area contributed by atoms with Crippen molar-refractivity contribution in [1.82, 2.24) is 4.98 Å². The molecule has 2 heterocycles. The highest BCUT2D eigenvalue weighted by Gasteiger charge is 2.16. The Balaban J connectivity index is 2.25. The quantitative estimate of drug-likeness (QED) is 0.816. The number of aromatic nitrogens is 1. The van der Waals surface area contributed by atoms with Crippen LogP contribution < -0.4 is 4.90 Å². The summed E-state index contributed by atoms with van der Waals surface area (Å²) < 4.78 is 1.13. The largest absolute Gasteiger partial charge is 0.356 e. The monoisotopic (exact) mass is 268 g/mol. The van der Waals surface area contributed by atoms with Gasteiger partial charge in [0.25, 0.3) is 0 Å². The van der Waals surface area contributed by atoms with Gasteiger partial charge in [0.2, 0.25) is 0 Å². The van der Waals surface area contributed by atoms with Crippen molar-refractivity contribution in [3.05, 3.63) is 22.3 Å². The van der Waals surface area contributed by atoms with Crippen LogP contribution in [0.2, 0.25) is 0 Å². The first-order valence-electron chi connectivity index (χ1n) is 5.59. The van der Waals surface area contributed by atoms with E-state index in [2.05, 4.69) is 45.7 Å². The molecule has 1 fully saturated rings. The summed E-state index contributed by atoms with van der Waals surface area (Å²) in [6.07, 6.45) is 4.59. The zero-order valence-electron chi connectivity index (χ0n) is 9.33.